The minimum atomic E-state index is -3.77. The number of sulfonamides is 1. The number of amides is 1. The van der Waals surface area contributed by atoms with Gasteiger partial charge in [0.1, 0.15) is 5.75 Å². The second-order valence-electron chi connectivity index (χ2n) is 7.82. The van der Waals surface area contributed by atoms with Crippen LogP contribution in [-0.2, 0) is 29.4 Å². The summed E-state index contributed by atoms with van der Waals surface area (Å²) in [4.78, 5) is 12.9. The highest BCUT2D eigenvalue weighted by atomic mass is 35.5. The van der Waals surface area contributed by atoms with Crippen molar-refractivity contribution in [1.29, 1.82) is 0 Å². The zero-order chi connectivity index (χ0) is 23.4. The summed E-state index contributed by atoms with van der Waals surface area (Å²) in [5, 5.41) is 3.03. The molecular formula is C25H25ClN2O4S. The molecule has 0 radical (unpaired) electrons. The zero-order valence-corrected chi connectivity index (χ0v) is 19.8. The lowest BCUT2D eigenvalue weighted by atomic mass is 10.0. The SMILES string of the molecule is COc1ccccc1CCNC(=O)c1cc(S(=O)(=O)N2CCc3ccccc3C2)ccc1Cl. The van der Waals surface area contributed by atoms with Crippen molar-refractivity contribution in [1.82, 2.24) is 9.62 Å². The van der Waals surface area contributed by atoms with Gasteiger partial charge in [0.15, 0.2) is 0 Å². The van der Waals surface area contributed by atoms with Gasteiger partial charge in [0.05, 0.1) is 22.6 Å². The Hall–Kier alpha value is -2.87. The van der Waals surface area contributed by atoms with Crippen LogP contribution in [0.5, 0.6) is 5.75 Å². The first-order chi connectivity index (χ1) is 15.9. The van der Waals surface area contributed by atoms with Crippen molar-refractivity contribution < 1.29 is 17.9 Å². The molecule has 0 aliphatic carbocycles. The molecule has 1 heterocycles. The lowest BCUT2D eigenvalue weighted by molar-refractivity contribution is 0.0954. The minimum Gasteiger partial charge on any atom is -0.496 e. The van der Waals surface area contributed by atoms with Crippen LogP contribution in [0.4, 0.5) is 0 Å². The molecule has 1 amide bonds. The van der Waals surface area contributed by atoms with Gasteiger partial charge in [0.25, 0.3) is 5.91 Å². The molecule has 0 saturated heterocycles. The monoisotopic (exact) mass is 484 g/mol. The highest BCUT2D eigenvalue weighted by molar-refractivity contribution is 7.89. The molecule has 0 aromatic heterocycles. The first-order valence-electron chi connectivity index (χ1n) is 10.7. The molecule has 3 aromatic carbocycles. The molecule has 0 saturated carbocycles. The molecule has 33 heavy (non-hydrogen) atoms. The van der Waals surface area contributed by atoms with Gasteiger partial charge in [-0.25, -0.2) is 8.42 Å². The van der Waals surface area contributed by atoms with Crippen molar-refractivity contribution >= 4 is 27.5 Å². The second kappa shape index (κ2) is 9.95. The number of para-hydroxylation sites is 1. The Morgan fingerprint density at radius 2 is 1.79 bits per heavy atom. The quantitative estimate of drug-likeness (QED) is 0.548. The van der Waals surface area contributed by atoms with Crippen molar-refractivity contribution in [2.45, 2.75) is 24.3 Å². The Balaban J connectivity index is 1.48. The molecule has 0 unspecified atom stereocenters. The summed E-state index contributed by atoms with van der Waals surface area (Å²) in [5.41, 5.74) is 3.26. The molecule has 0 atom stereocenters. The topological polar surface area (TPSA) is 75.7 Å². The van der Waals surface area contributed by atoms with Crippen molar-refractivity contribution in [3.63, 3.8) is 0 Å². The minimum absolute atomic E-state index is 0.0566. The van der Waals surface area contributed by atoms with E-state index in [9.17, 15) is 13.2 Å². The van der Waals surface area contributed by atoms with Crippen LogP contribution >= 0.6 is 11.6 Å². The van der Waals surface area contributed by atoms with E-state index in [1.807, 2.05) is 48.5 Å². The Labute approximate surface area is 199 Å². The van der Waals surface area contributed by atoms with Gasteiger partial charge in [0, 0.05) is 19.6 Å². The van der Waals surface area contributed by atoms with Crippen LogP contribution in [0, 0.1) is 0 Å². The number of carbonyl (C=O) groups excluding carboxylic acids is 1. The number of nitrogens with one attached hydrogen (secondary N) is 1. The zero-order valence-electron chi connectivity index (χ0n) is 18.3. The van der Waals surface area contributed by atoms with E-state index >= 15 is 0 Å². The van der Waals surface area contributed by atoms with Crippen molar-refractivity contribution in [3.05, 3.63) is 94.0 Å². The van der Waals surface area contributed by atoms with E-state index in [4.69, 9.17) is 16.3 Å². The summed E-state index contributed by atoms with van der Waals surface area (Å²) in [6, 6.07) is 19.7. The number of ether oxygens (including phenoxy) is 1. The van der Waals surface area contributed by atoms with Gasteiger partial charge in [-0.3, -0.25) is 4.79 Å². The molecule has 172 valence electrons. The Bertz CT molecular complexity index is 1280. The molecule has 0 spiro atoms. The second-order valence-corrected chi connectivity index (χ2v) is 10.2. The Kier molecular flexibility index (Phi) is 7.02. The van der Waals surface area contributed by atoms with E-state index in [1.54, 1.807) is 7.11 Å². The molecule has 1 aliphatic heterocycles. The van der Waals surface area contributed by atoms with Crippen LogP contribution in [0.3, 0.4) is 0 Å². The Morgan fingerprint density at radius 3 is 2.58 bits per heavy atom. The molecule has 0 fully saturated rings. The van der Waals surface area contributed by atoms with E-state index < -0.39 is 15.9 Å². The number of fused-ring (bicyclic) bond motifs is 1. The van der Waals surface area contributed by atoms with E-state index in [2.05, 4.69) is 5.32 Å². The predicted octanol–water partition coefficient (Wildman–Crippen LogP) is 4.07. The number of rotatable bonds is 7. The lowest BCUT2D eigenvalue weighted by Crippen LogP contribution is -2.36. The number of hydrogen-bond acceptors (Lipinski definition) is 4. The summed E-state index contributed by atoms with van der Waals surface area (Å²) < 4.78 is 33.4. The van der Waals surface area contributed by atoms with Crippen LogP contribution in [-0.4, -0.2) is 38.8 Å². The molecule has 1 aliphatic rings. The van der Waals surface area contributed by atoms with Gasteiger partial charge in [-0.1, -0.05) is 54.1 Å². The highest BCUT2D eigenvalue weighted by Gasteiger charge is 2.29. The number of nitrogens with zero attached hydrogens (tertiary/aromatic N) is 1. The predicted molar refractivity (Wildman–Crippen MR) is 128 cm³/mol. The molecule has 3 aromatic rings. The van der Waals surface area contributed by atoms with Crippen LogP contribution < -0.4 is 10.1 Å². The molecule has 4 rings (SSSR count). The number of benzene rings is 3. The summed E-state index contributed by atoms with van der Waals surface area (Å²) >= 11 is 6.25. The first-order valence-corrected chi connectivity index (χ1v) is 12.5. The normalized spacial score (nSPS) is 13.9. The number of halogens is 1. The fourth-order valence-corrected chi connectivity index (χ4v) is 5.63. The smallest absolute Gasteiger partial charge is 0.252 e. The van der Waals surface area contributed by atoms with Crippen molar-refractivity contribution in [3.8, 4) is 5.75 Å². The summed E-state index contributed by atoms with van der Waals surface area (Å²) in [6.45, 7) is 1.05. The maximum Gasteiger partial charge on any atom is 0.252 e. The van der Waals surface area contributed by atoms with Gasteiger partial charge >= 0.3 is 0 Å². The third kappa shape index (κ3) is 5.05. The molecule has 1 N–H and O–H groups in total. The van der Waals surface area contributed by atoms with E-state index in [0.29, 0.717) is 32.5 Å². The fraction of sp³-hybridized carbons (Fsp3) is 0.240. The number of carbonyl (C=O) groups is 1. The third-order valence-corrected chi connectivity index (χ3v) is 7.96. The molecule has 6 nitrogen and oxygen atoms in total. The van der Waals surface area contributed by atoms with Gasteiger partial charge in [-0.2, -0.15) is 4.31 Å². The van der Waals surface area contributed by atoms with Crippen LogP contribution in [0.15, 0.2) is 71.6 Å². The van der Waals surface area contributed by atoms with Gasteiger partial charge < -0.3 is 10.1 Å². The largest absolute Gasteiger partial charge is 0.496 e. The Morgan fingerprint density at radius 1 is 1.06 bits per heavy atom. The lowest BCUT2D eigenvalue weighted by Gasteiger charge is -2.28. The third-order valence-electron chi connectivity index (χ3n) is 5.79. The maximum atomic E-state index is 13.3. The van der Waals surface area contributed by atoms with E-state index in [-0.39, 0.29) is 15.5 Å². The van der Waals surface area contributed by atoms with Gasteiger partial charge in [0.2, 0.25) is 10.0 Å². The van der Waals surface area contributed by atoms with Crippen molar-refractivity contribution in [2.24, 2.45) is 0 Å². The molecule has 0 bridgehead atoms. The van der Waals surface area contributed by atoms with E-state index in [1.165, 1.54) is 22.5 Å². The summed E-state index contributed by atoms with van der Waals surface area (Å²) in [5.74, 6) is 0.330. The van der Waals surface area contributed by atoms with Gasteiger partial charge in [-0.05, 0) is 53.8 Å². The number of methoxy groups -OCH3 is 1. The first kappa shape index (κ1) is 23.3. The average molecular weight is 485 g/mol. The van der Waals surface area contributed by atoms with Crippen molar-refractivity contribution in [2.75, 3.05) is 20.2 Å². The number of hydrogen-bond donors (Lipinski definition) is 1. The summed E-state index contributed by atoms with van der Waals surface area (Å²) in [7, 11) is -2.17. The maximum absolute atomic E-state index is 13.3. The fourth-order valence-electron chi connectivity index (χ4n) is 3.98. The van der Waals surface area contributed by atoms with Crippen LogP contribution in [0.1, 0.15) is 27.0 Å². The standard InChI is InChI=1S/C25H25ClN2O4S/c1-32-24-9-5-4-7-19(24)12-14-27-25(29)22-16-21(10-11-23(22)26)33(30,31)28-15-13-18-6-2-3-8-20(18)17-28/h2-11,16H,12-15,17H2,1H3,(H,27,29). The highest BCUT2D eigenvalue weighted by Crippen LogP contribution is 2.27. The van der Waals surface area contributed by atoms with E-state index in [0.717, 1.165) is 22.4 Å². The van der Waals surface area contributed by atoms with Gasteiger partial charge in [-0.15, -0.1) is 0 Å². The van der Waals surface area contributed by atoms with Crippen LogP contribution in [0.25, 0.3) is 0 Å². The van der Waals surface area contributed by atoms with Crippen LogP contribution in [0.2, 0.25) is 5.02 Å². The molecular weight excluding hydrogens is 460 g/mol. The average Bonchev–Trinajstić information content (AvgIpc) is 2.84. The molecule has 8 heteroatoms. The summed E-state index contributed by atoms with van der Waals surface area (Å²) in [6.07, 6.45) is 1.22.